The molecule has 0 atom stereocenters. The van der Waals surface area contributed by atoms with Crippen LogP contribution >= 0.6 is 23.2 Å². The van der Waals surface area contributed by atoms with Crippen molar-refractivity contribution in [2.45, 2.75) is 13.8 Å². The minimum absolute atomic E-state index is 0.402. The Balaban J connectivity index is 2.40. The van der Waals surface area contributed by atoms with Gasteiger partial charge in [-0.15, -0.1) is 0 Å². The number of aromatic nitrogens is 2. The summed E-state index contributed by atoms with van der Waals surface area (Å²) in [4.78, 5) is 8.37. The maximum atomic E-state index is 5.92. The Morgan fingerprint density at radius 2 is 1.74 bits per heavy atom. The van der Waals surface area contributed by atoms with Gasteiger partial charge >= 0.3 is 0 Å². The predicted octanol–water partition coefficient (Wildman–Crippen LogP) is 3.48. The Bertz CT molecular complexity index is 599. The molecule has 3 N–H and O–H groups in total. The van der Waals surface area contributed by atoms with Gasteiger partial charge in [0.05, 0.1) is 5.56 Å². The molecule has 0 saturated carbocycles. The number of anilines is 1. The molecule has 0 amide bonds. The lowest BCUT2D eigenvalue weighted by atomic mass is 10.3. The van der Waals surface area contributed by atoms with Gasteiger partial charge in [0, 0.05) is 10.0 Å². The number of aryl methyl sites for hydroxylation is 1. The molecule has 0 aliphatic heterocycles. The van der Waals surface area contributed by atoms with Gasteiger partial charge in [-0.1, -0.05) is 23.2 Å². The van der Waals surface area contributed by atoms with E-state index in [1.54, 1.807) is 32.0 Å². The summed E-state index contributed by atoms with van der Waals surface area (Å²) >= 11 is 11.8. The largest absolute Gasteiger partial charge is 0.438 e. The molecule has 19 heavy (non-hydrogen) atoms. The number of rotatable bonds is 3. The van der Waals surface area contributed by atoms with Crippen molar-refractivity contribution in [2.75, 3.05) is 5.43 Å². The van der Waals surface area contributed by atoms with E-state index in [0.29, 0.717) is 38.9 Å². The zero-order valence-corrected chi connectivity index (χ0v) is 11.9. The number of nitrogens with zero attached hydrogens (tertiary/aromatic N) is 2. The molecule has 0 aliphatic carbocycles. The number of nitrogens with one attached hydrogen (secondary N) is 1. The summed E-state index contributed by atoms with van der Waals surface area (Å²) in [6, 6.07) is 4.93. The van der Waals surface area contributed by atoms with E-state index >= 15 is 0 Å². The highest BCUT2D eigenvalue weighted by Gasteiger charge is 2.11. The molecule has 0 fully saturated rings. The van der Waals surface area contributed by atoms with Gasteiger partial charge in [-0.25, -0.2) is 10.8 Å². The third-order valence-electron chi connectivity index (χ3n) is 2.40. The van der Waals surface area contributed by atoms with Crippen molar-refractivity contribution in [2.24, 2.45) is 5.84 Å². The summed E-state index contributed by atoms with van der Waals surface area (Å²) in [5, 5.41) is 0.978. The van der Waals surface area contributed by atoms with Crippen molar-refractivity contribution < 1.29 is 4.74 Å². The van der Waals surface area contributed by atoms with E-state index < -0.39 is 0 Å². The molecule has 5 nitrogen and oxygen atoms in total. The SMILES string of the molecule is Cc1nc(NN)c(C)c(Oc2cc(Cl)cc(Cl)c2)n1. The van der Waals surface area contributed by atoms with Crippen LogP contribution in [0.15, 0.2) is 18.2 Å². The molecule has 100 valence electrons. The fourth-order valence-corrected chi connectivity index (χ4v) is 2.05. The molecule has 1 aromatic carbocycles. The lowest BCUT2D eigenvalue weighted by molar-refractivity contribution is 0.456. The molecule has 0 saturated heterocycles. The molecule has 0 unspecified atom stereocenters. The normalized spacial score (nSPS) is 10.4. The van der Waals surface area contributed by atoms with Crippen molar-refractivity contribution in [3.8, 4) is 11.6 Å². The summed E-state index contributed by atoms with van der Waals surface area (Å²) < 4.78 is 5.68. The van der Waals surface area contributed by atoms with E-state index in [2.05, 4.69) is 15.4 Å². The van der Waals surface area contributed by atoms with Crippen molar-refractivity contribution in [1.82, 2.24) is 9.97 Å². The third-order valence-corrected chi connectivity index (χ3v) is 2.84. The fraction of sp³-hybridized carbons (Fsp3) is 0.167. The molecule has 2 rings (SSSR count). The van der Waals surface area contributed by atoms with Crippen molar-refractivity contribution in [1.29, 1.82) is 0 Å². The minimum atomic E-state index is 0.402. The lowest BCUT2D eigenvalue weighted by Gasteiger charge is -2.11. The van der Waals surface area contributed by atoms with E-state index in [4.69, 9.17) is 33.8 Å². The zero-order chi connectivity index (χ0) is 14.0. The van der Waals surface area contributed by atoms with Crippen LogP contribution in [0.25, 0.3) is 0 Å². The molecular weight excluding hydrogens is 287 g/mol. The van der Waals surface area contributed by atoms with Crippen molar-refractivity contribution in [3.63, 3.8) is 0 Å². The summed E-state index contributed by atoms with van der Waals surface area (Å²) in [6.07, 6.45) is 0. The number of nitrogen functional groups attached to an aromatic ring is 1. The average molecular weight is 299 g/mol. The fourth-order valence-electron chi connectivity index (χ4n) is 1.54. The first kappa shape index (κ1) is 13.9. The van der Waals surface area contributed by atoms with Crippen LogP contribution in [0.1, 0.15) is 11.4 Å². The highest BCUT2D eigenvalue weighted by atomic mass is 35.5. The van der Waals surface area contributed by atoms with Gasteiger partial charge in [0.2, 0.25) is 5.88 Å². The first-order valence-corrected chi connectivity index (χ1v) is 6.21. The second kappa shape index (κ2) is 5.61. The van der Waals surface area contributed by atoms with Gasteiger partial charge in [-0.2, -0.15) is 4.98 Å². The second-order valence-electron chi connectivity index (χ2n) is 3.90. The number of hydrazine groups is 1. The molecule has 0 radical (unpaired) electrons. The zero-order valence-electron chi connectivity index (χ0n) is 10.4. The van der Waals surface area contributed by atoms with Crippen molar-refractivity contribution in [3.05, 3.63) is 39.6 Å². The van der Waals surface area contributed by atoms with Crippen LogP contribution < -0.4 is 16.0 Å². The molecule has 0 spiro atoms. The Labute approximate surface area is 120 Å². The number of hydrogen-bond acceptors (Lipinski definition) is 5. The molecular formula is C12H12Cl2N4O. The second-order valence-corrected chi connectivity index (χ2v) is 4.77. The first-order chi connectivity index (χ1) is 8.99. The topological polar surface area (TPSA) is 73.1 Å². The number of ether oxygens (including phenoxy) is 1. The highest BCUT2D eigenvalue weighted by molar-refractivity contribution is 6.34. The summed E-state index contributed by atoms with van der Waals surface area (Å²) in [7, 11) is 0. The van der Waals surface area contributed by atoms with E-state index in [1.807, 2.05) is 0 Å². The monoisotopic (exact) mass is 298 g/mol. The standard InChI is InChI=1S/C12H12Cl2N4O/c1-6-11(18-15)16-7(2)17-12(6)19-10-4-8(13)3-9(14)5-10/h3-5H,15H2,1-2H3,(H,16,17,18). The van der Waals surface area contributed by atoms with Gasteiger partial charge in [0.15, 0.2) is 0 Å². The van der Waals surface area contributed by atoms with Crippen LogP contribution in [0, 0.1) is 13.8 Å². The Hall–Kier alpha value is -1.56. The van der Waals surface area contributed by atoms with Gasteiger partial charge in [0.1, 0.15) is 17.4 Å². The molecule has 1 heterocycles. The average Bonchev–Trinajstić information content (AvgIpc) is 2.32. The Kier molecular flexibility index (Phi) is 4.09. The third kappa shape index (κ3) is 3.26. The van der Waals surface area contributed by atoms with Gasteiger partial charge < -0.3 is 10.2 Å². The van der Waals surface area contributed by atoms with Crippen LogP contribution in [0.4, 0.5) is 5.82 Å². The van der Waals surface area contributed by atoms with Crippen LogP contribution in [0.3, 0.4) is 0 Å². The van der Waals surface area contributed by atoms with E-state index in [0.717, 1.165) is 0 Å². The maximum absolute atomic E-state index is 5.92. The first-order valence-electron chi connectivity index (χ1n) is 5.45. The lowest BCUT2D eigenvalue weighted by Crippen LogP contribution is -2.12. The maximum Gasteiger partial charge on any atom is 0.227 e. The van der Waals surface area contributed by atoms with Gasteiger partial charge in [0.25, 0.3) is 0 Å². The van der Waals surface area contributed by atoms with Crippen LogP contribution in [0.5, 0.6) is 11.6 Å². The molecule has 0 bridgehead atoms. The number of nitrogens with two attached hydrogens (primary N) is 1. The van der Waals surface area contributed by atoms with Crippen LogP contribution in [0.2, 0.25) is 10.0 Å². The molecule has 1 aromatic heterocycles. The molecule has 2 aromatic rings. The van der Waals surface area contributed by atoms with Crippen LogP contribution in [-0.2, 0) is 0 Å². The Morgan fingerprint density at radius 1 is 1.11 bits per heavy atom. The predicted molar refractivity (Wildman–Crippen MR) is 75.9 cm³/mol. The highest BCUT2D eigenvalue weighted by Crippen LogP contribution is 2.30. The number of benzene rings is 1. The van der Waals surface area contributed by atoms with E-state index in [9.17, 15) is 0 Å². The van der Waals surface area contributed by atoms with E-state index in [-0.39, 0.29) is 0 Å². The van der Waals surface area contributed by atoms with E-state index in [1.165, 1.54) is 0 Å². The quantitative estimate of drug-likeness (QED) is 0.670. The minimum Gasteiger partial charge on any atom is -0.438 e. The Morgan fingerprint density at radius 3 is 2.32 bits per heavy atom. The van der Waals surface area contributed by atoms with Crippen LogP contribution in [-0.4, -0.2) is 9.97 Å². The number of hydrogen-bond donors (Lipinski definition) is 2. The number of halogens is 2. The molecule has 0 aliphatic rings. The van der Waals surface area contributed by atoms with Crippen molar-refractivity contribution >= 4 is 29.0 Å². The summed E-state index contributed by atoms with van der Waals surface area (Å²) in [5.74, 6) is 7.35. The summed E-state index contributed by atoms with van der Waals surface area (Å²) in [5.41, 5.74) is 3.20. The molecule has 7 heteroatoms. The summed E-state index contributed by atoms with van der Waals surface area (Å²) in [6.45, 7) is 3.55. The van der Waals surface area contributed by atoms with Gasteiger partial charge in [-0.05, 0) is 32.0 Å². The smallest absolute Gasteiger partial charge is 0.227 e. The van der Waals surface area contributed by atoms with Gasteiger partial charge in [-0.3, -0.25) is 0 Å².